The third kappa shape index (κ3) is 1.22. The molecule has 1 aromatic rings. The van der Waals surface area contributed by atoms with Gasteiger partial charge in [0.05, 0.1) is 1.37 Å². The van der Waals surface area contributed by atoms with Crippen molar-refractivity contribution in [2.45, 2.75) is 6.18 Å². The quantitative estimate of drug-likeness (QED) is 0.575. The Morgan fingerprint density at radius 3 is 2.56 bits per heavy atom. The molecule has 1 heterocycles. The van der Waals surface area contributed by atoms with Crippen LogP contribution in [0.25, 0.3) is 0 Å². The van der Waals surface area contributed by atoms with E-state index in [9.17, 15) is 13.2 Å². The smallest absolute Gasteiger partial charge is 0.285 e. The van der Waals surface area contributed by atoms with Gasteiger partial charge in [0.15, 0.2) is 5.69 Å². The van der Waals surface area contributed by atoms with E-state index in [4.69, 9.17) is 1.37 Å². The highest BCUT2D eigenvalue weighted by Gasteiger charge is 2.32. The molecule has 0 unspecified atom stereocenters. The van der Waals surface area contributed by atoms with Crippen molar-refractivity contribution >= 4 is 0 Å². The molecule has 1 aromatic heterocycles. The zero-order chi connectivity index (χ0) is 7.78. The molecule has 0 aliphatic heterocycles. The predicted molar refractivity (Wildman–Crippen MR) is 23.6 cm³/mol. The molecular weight excluding hydrogens is 133 g/mol. The van der Waals surface area contributed by atoms with E-state index in [2.05, 4.69) is 5.10 Å². The predicted octanol–water partition coefficient (Wildman–Crippen LogP) is 1.43. The number of nitrogens with zero attached hydrogens (tertiary/aromatic N) is 1. The first-order valence-corrected chi connectivity index (χ1v) is 2.09. The lowest BCUT2D eigenvalue weighted by molar-refractivity contribution is -0.141. The van der Waals surface area contributed by atoms with Crippen molar-refractivity contribution in [2.24, 2.45) is 0 Å². The third-order valence-electron chi connectivity index (χ3n) is 0.718. The van der Waals surface area contributed by atoms with Crippen LogP contribution < -0.4 is 0 Å². The largest absolute Gasteiger partial charge is 0.435 e. The number of rotatable bonds is 0. The van der Waals surface area contributed by atoms with Gasteiger partial charge in [-0.15, -0.1) is 0 Å². The lowest BCUT2D eigenvalue weighted by Crippen LogP contribution is -2.04. The monoisotopic (exact) mass is 137 g/mol. The number of halogens is 3. The average Bonchev–Trinajstić information content (AvgIpc) is 2.11. The topological polar surface area (TPSA) is 28.7 Å². The molecule has 0 aromatic carbocycles. The van der Waals surface area contributed by atoms with Gasteiger partial charge in [0.1, 0.15) is 0 Å². The zero-order valence-electron chi connectivity index (χ0n) is 5.16. The highest BCUT2D eigenvalue weighted by atomic mass is 19.4. The number of alkyl halides is 3. The summed E-state index contributed by atoms with van der Waals surface area (Å²) in [5, 5.41) is 4.80. The minimum atomic E-state index is -4.52. The second-order valence-corrected chi connectivity index (χ2v) is 1.38. The lowest BCUT2D eigenvalue weighted by atomic mass is 10.4. The molecule has 0 saturated heterocycles. The van der Waals surface area contributed by atoms with Crippen LogP contribution in [0.3, 0.4) is 0 Å². The summed E-state index contributed by atoms with van der Waals surface area (Å²) in [7, 11) is 0. The Balaban J connectivity index is 3.05. The fraction of sp³-hybridized carbons (Fsp3) is 0.250. The first kappa shape index (κ1) is 4.84. The molecule has 0 radical (unpaired) electrons. The normalized spacial score (nSPS) is 13.4. The first-order valence-electron chi connectivity index (χ1n) is 2.59. The van der Waals surface area contributed by atoms with E-state index in [1.807, 2.05) is 5.10 Å². The van der Waals surface area contributed by atoms with E-state index in [0.29, 0.717) is 0 Å². The maximum atomic E-state index is 11.7. The summed E-state index contributed by atoms with van der Waals surface area (Å²) in [6.07, 6.45) is -3.64. The average molecular weight is 137 g/mol. The van der Waals surface area contributed by atoms with Crippen molar-refractivity contribution in [1.82, 2.24) is 10.2 Å². The van der Waals surface area contributed by atoms with E-state index in [1.165, 1.54) is 0 Å². The van der Waals surface area contributed by atoms with Crippen molar-refractivity contribution in [2.75, 3.05) is 0 Å². The van der Waals surface area contributed by atoms with Gasteiger partial charge in [0.25, 0.3) is 0 Å². The van der Waals surface area contributed by atoms with Gasteiger partial charge in [-0.1, -0.05) is 0 Å². The standard InChI is InChI=1S/C4H3F3N2/c5-4(6,7)3-1-2-8-9-3/h1-2H,(H,8,9)/i1D. The Hall–Kier alpha value is -1.00. The molecule has 1 N–H and O–H groups in total. The van der Waals surface area contributed by atoms with Crippen molar-refractivity contribution in [3.63, 3.8) is 0 Å². The minimum Gasteiger partial charge on any atom is -0.285 e. The Morgan fingerprint density at radius 2 is 2.33 bits per heavy atom. The van der Waals surface area contributed by atoms with Crippen LogP contribution in [0.1, 0.15) is 7.06 Å². The van der Waals surface area contributed by atoms with E-state index in [1.54, 1.807) is 0 Å². The van der Waals surface area contributed by atoms with Crippen molar-refractivity contribution in [3.05, 3.63) is 17.9 Å². The second-order valence-electron chi connectivity index (χ2n) is 1.38. The van der Waals surface area contributed by atoms with Gasteiger partial charge in [0, 0.05) is 6.20 Å². The van der Waals surface area contributed by atoms with Gasteiger partial charge in [-0.3, -0.25) is 5.10 Å². The van der Waals surface area contributed by atoms with E-state index in [0.717, 1.165) is 6.20 Å². The summed E-state index contributed by atoms with van der Waals surface area (Å²) in [6, 6.07) is -0.632. The van der Waals surface area contributed by atoms with Crippen LogP contribution in [0.4, 0.5) is 13.2 Å². The second kappa shape index (κ2) is 1.75. The van der Waals surface area contributed by atoms with Crippen LogP contribution in [-0.4, -0.2) is 10.2 Å². The number of hydrogen-bond acceptors (Lipinski definition) is 1. The number of H-pyrrole nitrogens is 1. The van der Waals surface area contributed by atoms with Crippen LogP contribution >= 0.6 is 0 Å². The Kier molecular flexibility index (Phi) is 0.941. The van der Waals surface area contributed by atoms with Gasteiger partial charge >= 0.3 is 6.18 Å². The number of aromatic nitrogens is 2. The fourth-order valence-corrected chi connectivity index (χ4v) is 0.375. The first-order chi connectivity index (χ1) is 4.52. The summed E-state index contributed by atoms with van der Waals surface area (Å²) < 4.78 is 41.7. The minimum absolute atomic E-state index is 0.632. The fourth-order valence-electron chi connectivity index (χ4n) is 0.375. The van der Waals surface area contributed by atoms with Gasteiger partial charge in [-0.05, 0) is 6.04 Å². The summed E-state index contributed by atoms with van der Waals surface area (Å²) in [5.74, 6) is 0. The molecule has 0 atom stereocenters. The zero-order valence-corrected chi connectivity index (χ0v) is 4.16. The summed E-state index contributed by atoms with van der Waals surface area (Å²) >= 11 is 0. The molecule has 0 fully saturated rings. The molecular formula is C4H3F3N2. The Labute approximate surface area is 50.1 Å². The number of aromatic amines is 1. The van der Waals surface area contributed by atoms with Crippen molar-refractivity contribution < 1.29 is 14.5 Å². The Bertz CT molecular complexity index is 229. The highest BCUT2D eigenvalue weighted by Crippen LogP contribution is 2.26. The SMILES string of the molecule is [2H]c1c[nH]nc1C(F)(F)F. The molecule has 9 heavy (non-hydrogen) atoms. The van der Waals surface area contributed by atoms with Gasteiger partial charge in [-0.2, -0.15) is 18.3 Å². The van der Waals surface area contributed by atoms with Crippen molar-refractivity contribution in [1.29, 1.82) is 0 Å². The van der Waals surface area contributed by atoms with Gasteiger partial charge in [0.2, 0.25) is 0 Å². The highest BCUT2D eigenvalue weighted by molar-refractivity contribution is 5.01. The summed E-state index contributed by atoms with van der Waals surface area (Å²) in [4.78, 5) is 0. The molecule has 0 saturated carbocycles. The number of nitrogens with one attached hydrogen (secondary N) is 1. The molecule has 0 spiro atoms. The van der Waals surface area contributed by atoms with E-state index >= 15 is 0 Å². The third-order valence-corrected chi connectivity index (χ3v) is 0.718. The van der Waals surface area contributed by atoms with Crippen LogP contribution in [0.2, 0.25) is 0 Å². The van der Waals surface area contributed by atoms with Crippen LogP contribution in [0, 0.1) is 0 Å². The molecule has 0 amide bonds. The summed E-state index contributed by atoms with van der Waals surface area (Å²) in [6.45, 7) is 0. The molecule has 0 bridgehead atoms. The molecule has 0 aliphatic carbocycles. The molecule has 2 nitrogen and oxygen atoms in total. The number of hydrogen-bond donors (Lipinski definition) is 1. The Morgan fingerprint density at radius 1 is 1.67 bits per heavy atom. The lowest BCUT2D eigenvalue weighted by Gasteiger charge is -1.98. The molecule has 0 aliphatic rings. The van der Waals surface area contributed by atoms with Crippen LogP contribution in [0.15, 0.2) is 12.2 Å². The molecule has 1 rings (SSSR count). The van der Waals surface area contributed by atoms with Gasteiger partial charge in [-0.25, -0.2) is 0 Å². The van der Waals surface area contributed by atoms with Crippen LogP contribution in [0.5, 0.6) is 0 Å². The maximum Gasteiger partial charge on any atom is 0.435 e. The summed E-state index contributed by atoms with van der Waals surface area (Å²) in [5.41, 5.74) is -1.17. The van der Waals surface area contributed by atoms with Crippen molar-refractivity contribution in [3.8, 4) is 0 Å². The molecule has 50 valence electrons. The van der Waals surface area contributed by atoms with Crippen LogP contribution in [-0.2, 0) is 6.18 Å². The van der Waals surface area contributed by atoms with Gasteiger partial charge < -0.3 is 0 Å². The van der Waals surface area contributed by atoms with E-state index in [-0.39, 0.29) is 0 Å². The van der Waals surface area contributed by atoms with E-state index < -0.39 is 17.9 Å². The molecule has 5 heteroatoms. The maximum absolute atomic E-state index is 11.7.